The van der Waals surface area contributed by atoms with Crippen molar-refractivity contribution >= 4 is 17.3 Å². The van der Waals surface area contributed by atoms with Gasteiger partial charge in [0.1, 0.15) is 0 Å². The van der Waals surface area contributed by atoms with Gasteiger partial charge in [-0.25, -0.2) is 0 Å². The summed E-state index contributed by atoms with van der Waals surface area (Å²) in [5.74, 6) is -0.388. The molecule has 1 N–H and O–H groups in total. The number of aliphatic hydroxyl groups is 1. The van der Waals surface area contributed by atoms with Crippen LogP contribution in [0, 0.1) is 13.8 Å². The lowest BCUT2D eigenvalue weighted by atomic mass is 10.1. The molecule has 4 heteroatoms. The second-order valence-corrected chi connectivity index (χ2v) is 4.63. The average Bonchev–Trinajstić information content (AvgIpc) is 2.45. The Morgan fingerprint density at radius 1 is 1.64 bits per heavy atom. The summed E-state index contributed by atoms with van der Waals surface area (Å²) in [5.41, 5.74) is 0.831. The van der Waals surface area contributed by atoms with Gasteiger partial charge in [0, 0.05) is 9.75 Å². The fraction of sp³-hybridized carbons (Fsp3) is 0.500. The van der Waals surface area contributed by atoms with E-state index in [9.17, 15) is 9.90 Å². The van der Waals surface area contributed by atoms with E-state index in [1.807, 2.05) is 19.9 Å². The van der Waals surface area contributed by atoms with E-state index < -0.39 is 6.10 Å². The quantitative estimate of drug-likeness (QED) is 0.782. The molecule has 0 saturated carbocycles. The molecule has 0 aromatic carbocycles. The molecule has 1 aromatic rings. The summed E-state index contributed by atoms with van der Waals surface area (Å²) in [4.78, 5) is 13.1. The molecular weight excluding hydrogens is 200 g/mol. The van der Waals surface area contributed by atoms with E-state index in [1.54, 1.807) is 11.3 Å². The minimum Gasteiger partial charge on any atom is -0.469 e. The predicted molar refractivity (Wildman–Crippen MR) is 55.4 cm³/mol. The first kappa shape index (κ1) is 11.2. The molecule has 1 aromatic heterocycles. The van der Waals surface area contributed by atoms with Gasteiger partial charge >= 0.3 is 5.97 Å². The Morgan fingerprint density at radius 2 is 2.29 bits per heavy atom. The van der Waals surface area contributed by atoms with Gasteiger partial charge in [-0.15, -0.1) is 11.3 Å². The van der Waals surface area contributed by atoms with E-state index in [2.05, 4.69) is 4.74 Å². The first-order valence-electron chi connectivity index (χ1n) is 4.36. The monoisotopic (exact) mass is 214 g/mol. The van der Waals surface area contributed by atoms with Crippen molar-refractivity contribution in [2.45, 2.75) is 26.4 Å². The number of methoxy groups -OCH3 is 1. The standard InChI is InChI=1S/C10H14O3S/c1-6-4-8(7(2)14-6)9(11)5-10(12)13-3/h4,9,11H,5H2,1-3H3/t9-/m0/s1. The fourth-order valence-electron chi connectivity index (χ4n) is 1.33. The normalized spacial score (nSPS) is 12.6. The van der Waals surface area contributed by atoms with Crippen LogP contribution in [0.4, 0.5) is 0 Å². The van der Waals surface area contributed by atoms with Gasteiger partial charge in [0.15, 0.2) is 0 Å². The van der Waals surface area contributed by atoms with Crippen molar-refractivity contribution in [3.8, 4) is 0 Å². The van der Waals surface area contributed by atoms with Crippen molar-refractivity contribution in [1.82, 2.24) is 0 Å². The molecule has 0 bridgehead atoms. The summed E-state index contributed by atoms with van der Waals surface area (Å²) in [6.07, 6.45) is -0.722. The number of carbonyl (C=O) groups excluding carboxylic acids is 1. The topological polar surface area (TPSA) is 46.5 Å². The molecule has 78 valence electrons. The van der Waals surface area contributed by atoms with Crippen LogP contribution < -0.4 is 0 Å². The molecule has 0 spiro atoms. The minimum atomic E-state index is -0.743. The van der Waals surface area contributed by atoms with Gasteiger partial charge in [-0.05, 0) is 25.5 Å². The Morgan fingerprint density at radius 3 is 2.71 bits per heavy atom. The van der Waals surface area contributed by atoms with Gasteiger partial charge in [0.25, 0.3) is 0 Å². The van der Waals surface area contributed by atoms with Crippen molar-refractivity contribution in [2.24, 2.45) is 0 Å². The highest BCUT2D eigenvalue weighted by molar-refractivity contribution is 7.12. The Bertz CT molecular complexity index is 330. The number of aryl methyl sites for hydroxylation is 2. The van der Waals surface area contributed by atoms with Crippen molar-refractivity contribution in [3.05, 3.63) is 21.4 Å². The molecule has 0 unspecified atom stereocenters. The lowest BCUT2D eigenvalue weighted by Gasteiger charge is -2.08. The molecule has 0 fully saturated rings. The van der Waals surface area contributed by atoms with Gasteiger partial charge in [-0.2, -0.15) is 0 Å². The molecule has 1 rings (SSSR count). The largest absolute Gasteiger partial charge is 0.469 e. The fourth-order valence-corrected chi connectivity index (χ4v) is 2.31. The van der Waals surface area contributed by atoms with Crippen LogP contribution in [0.3, 0.4) is 0 Å². The average molecular weight is 214 g/mol. The number of carbonyl (C=O) groups is 1. The Hall–Kier alpha value is -0.870. The summed E-state index contributed by atoms with van der Waals surface area (Å²) in [6, 6.07) is 1.91. The Labute approximate surface area is 87.3 Å². The zero-order valence-corrected chi connectivity index (χ0v) is 9.35. The highest BCUT2D eigenvalue weighted by atomic mass is 32.1. The second kappa shape index (κ2) is 4.57. The van der Waals surface area contributed by atoms with E-state index in [-0.39, 0.29) is 12.4 Å². The van der Waals surface area contributed by atoms with Crippen LogP contribution >= 0.6 is 11.3 Å². The molecule has 0 amide bonds. The lowest BCUT2D eigenvalue weighted by molar-refractivity contribution is -0.142. The van der Waals surface area contributed by atoms with Crippen LogP contribution in [0.2, 0.25) is 0 Å². The Balaban J connectivity index is 2.73. The summed E-state index contributed by atoms with van der Waals surface area (Å²) in [6.45, 7) is 3.92. The van der Waals surface area contributed by atoms with Crippen LogP contribution in [-0.4, -0.2) is 18.2 Å². The highest BCUT2D eigenvalue weighted by Gasteiger charge is 2.16. The van der Waals surface area contributed by atoms with Crippen LogP contribution in [-0.2, 0) is 9.53 Å². The maximum atomic E-state index is 10.9. The van der Waals surface area contributed by atoms with Crippen LogP contribution in [0.15, 0.2) is 6.07 Å². The molecule has 0 aliphatic carbocycles. The zero-order valence-electron chi connectivity index (χ0n) is 8.53. The molecule has 0 aliphatic rings. The van der Waals surface area contributed by atoms with Gasteiger partial charge in [0.2, 0.25) is 0 Å². The second-order valence-electron chi connectivity index (χ2n) is 3.16. The van der Waals surface area contributed by atoms with Gasteiger partial charge in [0.05, 0.1) is 19.6 Å². The molecule has 1 heterocycles. The van der Waals surface area contributed by atoms with Crippen molar-refractivity contribution in [3.63, 3.8) is 0 Å². The first-order valence-corrected chi connectivity index (χ1v) is 5.18. The maximum Gasteiger partial charge on any atom is 0.308 e. The molecule has 0 aliphatic heterocycles. The minimum absolute atomic E-state index is 0.0213. The van der Waals surface area contributed by atoms with E-state index in [0.29, 0.717) is 0 Å². The highest BCUT2D eigenvalue weighted by Crippen LogP contribution is 2.28. The van der Waals surface area contributed by atoms with E-state index >= 15 is 0 Å². The summed E-state index contributed by atoms with van der Waals surface area (Å²) in [7, 11) is 1.32. The number of aliphatic hydroxyl groups excluding tert-OH is 1. The summed E-state index contributed by atoms with van der Waals surface area (Å²) in [5, 5.41) is 9.72. The van der Waals surface area contributed by atoms with Gasteiger partial charge in [-0.1, -0.05) is 0 Å². The molecule has 0 saturated heterocycles. The summed E-state index contributed by atoms with van der Waals surface area (Å²) >= 11 is 1.62. The molecule has 1 atom stereocenters. The van der Waals surface area contributed by atoms with Crippen molar-refractivity contribution in [2.75, 3.05) is 7.11 Å². The third kappa shape index (κ3) is 2.56. The van der Waals surface area contributed by atoms with E-state index in [1.165, 1.54) is 7.11 Å². The van der Waals surface area contributed by atoms with Crippen molar-refractivity contribution < 1.29 is 14.6 Å². The SMILES string of the molecule is COC(=O)C[C@H](O)c1cc(C)sc1C. The third-order valence-corrected chi connectivity index (χ3v) is 3.01. The molecule has 0 radical (unpaired) electrons. The number of ether oxygens (including phenoxy) is 1. The molecular formula is C10H14O3S. The van der Waals surface area contributed by atoms with Gasteiger partial charge in [-0.3, -0.25) is 4.79 Å². The van der Waals surface area contributed by atoms with Crippen LogP contribution in [0.5, 0.6) is 0 Å². The number of hydrogen-bond acceptors (Lipinski definition) is 4. The zero-order chi connectivity index (χ0) is 10.7. The summed E-state index contributed by atoms with van der Waals surface area (Å²) < 4.78 is 4.49. The predicted octanol–water partition coefficient (Wildman–Crippen LogP) is 1.96. The molecule has 3 nitrogen and oxygen atoms in total. The number of thiophene rings is 1. The smallest absolute Gasteiger partial charge is 0.308 e. The van der Waals surface area contributed by atoms with Crippen LogP contribution in [0.1, 0.15) is 27.8 Å². The van der Waals surface area contributed by atoms with Crippen LogP contribution in [0.25, 0.3) is 0 Å². The number of hydrogen-bond donors (Lipinski definition) is 1. The number of rotatable bonds is 3. The first-order chi connectivity index (χ1) is 6.54. The van der Waals surface area contributed by atoms with Crippen molar-refractivity contribution in [1.29, 1.82) is 0 Å². The van der Waals surface area contributed by atoms with Gasteiger partial charge < -0.3 is 9.84 Å². The van der Waals surface area contributed by atoms with E-state index in [0.717, 1.165) is 15.3 Å². The Kier molecular flexibility index (Phi) is 3.66. The maximum absolute atomic E-state index is 10.9. The third-order valence-electron chi connectivity index (χ3n) is 2.03. The molecule has 14 heavy (non-hydrogen) atoms. The van der Waals surface area contributed by atoms with E-state index in [4.69, 9.17) is 0 Å². The lowest BCUT2D eigenvalue weighted by Crippen LogP contribution is -2.08. The number of esters is 1.